The van der Waals surface area contributed by atoms with Gasteiger partial charge in [-0.3, -0.25) is 14.2 Å². The predicted molar refractivity (Wildman–Crippen MR) is 94.9 cm³/mol. The lowest BCUT2D eigenvalue weighted by Gasteiger charge is -2.26. The molecule has 0 N–H and O–H groups in total. The zero-order valence-electron chi connectivity index (χ0n) is 14.7. The van der Waals surface area contributed by atoms with Crippen LogP contribution in [0.4, 0.5) is 0 Å². The van der Waals surface area contributed by atoms with E-state index in [0.29, 0.717) is 43.4 Å². The molecule has 2 aromatic heterocycles. The molecule has 10 nitrogen and oxygen atoms in total. The molecule has 10 heteroatoms. The summed E-state index contributed by atoms with van der Waals surface area (Å²) in [5.74, 6) is 0.502. The fourth-order valence-corrected chi connectivity index (χ4v) is 2.93. The van der Waals surface area contributed by atoms with Gasteiger partial charge in [-0.25, -0.2) is 4.98 Å². The van der Waals surface area contributed by atoms with E-state index in [2.05, 4.69) is 15.3 Å². The van der Waals surface area contributed by atoms with Crippen molar-refractivity contribution in [3.8, 4) is 11.4 Å². The van der Waals surface area contributed by atoms with Crippen molar-refractivity contribution in [3.05, 3.63) is 40.9 Å². The van der Waals surface area contributed by atoms with Crippen molar-refractivity contribution < 1.29 is 14.3 Å². The number of methoxy groups -OCH3 is 1. The molecule has 1 fully saturated rings. The fourth-order valence-electron chi connectivity index (χ4n) is 2.93. The molecular weight excluding hydrogens is 352 g/mol. The molecule has 0 radical (unpaired) electrons. The number of ether oxygens (including phenoxy) is 2. The van der Waals surface area contributed by atoms with Gasteiger partial charge in [-0.05, 0) is 12.1 Å². The van der Waals surface area contributed by atoms with E-state index in [4.69, 9.17) is 9.47 Å². The molecule has 3 aromatic rings. The van der Waals surface area contributed by atoms with Gasteiger partial charge in [-0.1, -0.05) is 11.3 Å². The molecular formula is C17H18N6O4. The summed E-state index contributed by atoms with van der Waals surface area (Å²) in [7, 11) is 1.57. The molecule has 1 aliphatic heterocycles. The Morgan fingerprint density at radius 1 is 1.30 bits per heavy atom. The highest BCUT2D eigenvalue weighted by Crippen LogP contribution is 2.17. The zero-order valence-corrected chi connectivity index (χ0v) is 14.7. The van der Waals surface area contributed by atoms with Crippen molar-refractivity contribution in [1.29, 1.82) is 0 Å². The lowest BCUT2D eigenvalue weighted by Crippen LogP contribution is -2.43. The minimum Gasteiger partial charge on any atom is -0.497 e. The Morgan fingerprint density at radius 3 is 2.89 bits per heavy atom. The molecule has 1 saturated heterocycles. The molecule has 27 heavy (non-hydrogen) atoms. The fraction of sp³-hybridized carbons (Fsp3) is 0.353. The van der Waals surface area contributed by atoms with Crippen LogP contribution in [-0.2, 0) is 16.1 Å². The highest BCUT2D eigenvalue weighted by atomic mass is 16.5. The largest absolute Gasteiger partial charge is 0.497 e. The number of amides is 1. The Balaban J connectivity index is 1.65. The normalized spacial score (nSPS) is 14.5. The molecule has 0 spiro atoms. The molecule has 1 aliphatic rings. The summed E-state index contributed by atoms with van der Waals surface area (Å²) in [6.07, 6.45) is 1.35. The van der Waals surface area contributed by atoms with Gasteiger partial charge in [0.25, 0.3) is 5.56 Å². The summed E-state index contributed by atoms with van der Waals surface area (Å²) in [6.45, 7) is 1.97. The van der Waals surface area contributed by atoms with E-state index in [1.165, 1.54) is 15.6 Å². The van der Waals surface area contributed by atoms with E-state index in [0.717, 1.165) is 0 Å². The summed E-state index contributed by atoms with van der Waals surface area (Å²) < 4.78 is 13.2. The second-order valence-electron chi connectivity index (χ2n) is 6.05. The number of morpholine rings is 1. The van der Waals surface area contributed by atoms with Crippen LogP contribution in [0.1, 0.15) is 0 Å². The van der Waals surface area contributed by atoms with Gasteiger partial charge in [0.2, 0.25) is 5.91 Å². The van der Waals surface area contributed by atoms with Crippen LogP contribution < -0.4 is 10.3 Å². The Kier molecular flexibility index (Phi) is 4.55. The smallest absolute Gasteiger partial charge is 0.284 e. The number of fused-ring (bicyclic) bond motifs is 1. The van der Waals surface area contributed by atoms with Crippen molar-refractivity contribution >= 4 is 17.1 Å². The van der Waals surface area contributed by atoms with Gasteiger partial charge in [0, 0.05) is 19.2 Å². The molecule has 1 aromatic carbocycles. The summed E-state index contributed by atoms with van der Waals surface area (Å²) in [4.78, 5) is 31.1. The number of hydrogen-bond donors (Lipinski definition) is 0. The first-order valence-corrected chi connectivity index (χ1v) is 8.48. The number of carbonyl (C=O) groups excluding carboxylic acids is 1. The second kappa shape index (κ2) is 7.16. The third-order valence-corrected chi connectivity index (χ3v) is 4.40. The first kappa shape index (κ1) is 17.2. The molecule has 1 amide bonds. The number of nitrogens with zero attached hydrogens (tertiary/aromatic N) is 6. The average Bonchev–Trinajstić information content (AvgIpc) is 3.15. The van der Waals surface area contributed by atoms with E-state index < -0.39 is 5.56 Å². The molecule has 4 rings (SSSR count). The Morgan fingerprint density at radius 2 is 2.11 bits per heavy atom. The SMILES string of the molecule is COc1cccc(-n2nnc3c(=O)n(CC(=O)N4CCOCC4)cnc32)c1. The molecule has 0 aliphatic carbocycles. The van der Waals surface area contributed by atoms with E-state index >= 15 is 0 Å². The van der Waals surface area contributed by atoms with E-state index in [1.54, 1.807) is 24.1 Å². The predicted octanol–water partition coefficient (Wildman–Crippen LogP) is -0.155. The molecule has 0 unspecified atom stereocenters. The zero-order chi connectivity index (χ0) is 18.8. The summed E-state index contributed by atoms with van der Waals surface area (Å²) in [6, 6.07) is 7.19. The quantitative estimate of drug-likeness (QED) is 0.629. The van der Waals surface area contributed by atoms with Gasteiger partial charge in [0.15, 0.2) is 11.2 Å². The average molecular weight is 370 g/mol. The van der Waals surface area contributed by atoms with E-state index in [-0.39, 0.29) is 18.0 Å². The van der Waals surface area contributed by atoms with Crippen molar-refractivity contribution in [1.82, 2.24) is 29.4 Å². The van der Waals surface area contributed by atoms with Crippen molar-refractivity contribution in [3.63, 3.8) is 0 Å². The lowest BCUT2D eigenvalue weighted by molar-refractivity contribution is -0.135. The Bertz CT molecular complexity index is 1040. The van der Waals surface area contributed by atoms with Gasteiger partial charge in [0.1, 0.15) is 18.6 Å². The van der Waals surface area contributed by atoms with Crippen LogP contribution >= 0.6 is 0 Å². The van der Waals surface area contributed by atoms with Gasteiger partial charge in [-0.15, -0.1) is 5.10 Å². The monoisotopic (exact) mass is 370 g/mol. The van der Waals surface area contributed by atoms with E-state index in [9.17, 15) is 9.59 Å². The Labute approximate surface area is 153 Å². The van der Waals surface area contributed by atoms with E-state index in [1.807, 2.05) is 12.1 Å². The number of carbonyl (C=O) groups is 1. The van der Waals surface area contributed by atoms with Crippen LogP contribution in [0, 0.1) is 0 Å². The third kappa shape index (κ3) is 3.26. The molecule has 3 heterocycles. The van der Waals surface area contributed by atoms with Crippen LogP contribution in [0.3, 0.4) is 0 Å². The minimum atomic E-state index is -0.407. The standard InChI is InChI=1S/C17H18N6O4/c1-26-13-4-2-3-12(9-13)23-16-15(19-20-23)17(25)22(11-18-16)10-14(24)21-5-7-27-8-6-21/h2-4,9,11H,5-8,10H2,1H3. The highest BCUT2D eigenvalue weighted by molar-refractivity contribution is 5.77. The lowest BCUT2D eigenvalue weighted by atomic mass is 10.3. The van der Waals surface area contributed by atoms with Crippen molar-refractivity contribution in [2.45, 2.75) is 6.54 Å². The molecule has 0 atom stereocenters. The number of hydrogen-bond acceptors (Lipinski definition) is 7. The molecule has 0 saturated carbocycles. The van der Waals surface area contributed by atoms with Crippen LogP contribution in [0.15, 0.2) is 35.4 Å². The number of rotatable bonds is 4. The summed E-state index contributed by atoms with van der Waals surface area (Å²) >= 11 is 0. The van der Waals surface area contributed by atoms with Crippen LogP contribution in [0.2, 0.25) is 0 Å². The maximum atomic E-state index is 12.7. The second-order valence-corrected chi connectivity index (χ2v) is 6.05. The van der Waals surface area contributed by atoms with Gasteiger partial charge >= 0.3 is 0 Å². The topological polar surface area (TPSA) is 104 Å². The maximum Gasteiger partial charge on any atom is 0.284 e. The van der Waals surface area contributed by atoms with Crippen molar-refractivity contribution in [2.24, 2.45) is 0 Å². The minimum absolute atomic E-state index is 0.0895. The van der Waals surface area contributed by atoms with Crippen molar-refractivity contribution in [2.75, 3.05) is 33.4 Å². The number of aromatic nitrogens is 5. The van der Waals surface area contributed by atoms with Gasteiger partial charge in [0.05, 0.1) is 26.0 Å². The van der Waals surface area contributed by atoms with Crippen LogP contribution in [-0.4, -0.2) is 68.8 Å². The van der Waals surface area contributed by atoms with Crippen LogP contribution in [0.25, 0.3) is 16.9 Å². The number of benzene rings is 1. The maximum absolute atomic E-state index is 12.7. The molecule has 140 valence electrons. The van der Waals surface area contributed by atoms with Gasteiger partial charge in [-0.2, -0.15) is 4.68 Å². The van der Waals surface area contributed by atoms with Gasteiger partial charge < -0.3 is 14.4 Å². The summed E-state index contributed by atoms with van der Waals surface area (Å²) in [5, 5.41) is 8.00. The highest BCUT2D eigenvalue weighted by Gasteiger charge is 2.19. The first-order valence-electron chi connectivity index (χ1n) is 8.48. The first-order chi connectivity index (χ1) is 13.2. The Hall–Kier alpha value is -3.27. The van der Waals surface area contributed by atoms with Crippen LogP contribution in [0.5, 0.6) is 5.75 Å². The molecule has 0 bridgehead atoms. The summed E-state index contributed by atoms with van der Waals surface area (Å²) in [5.41, 5.74) is 0.695. The third-order valence-electron chi connectivity index (χ3n) is 4.40.